The zero-order chi connectivity index (χ0) is 21.9. The molecule has 5 heteroatoms. The van der Waals surface area contributed by atoms with Gasteiger partial charge in [0.25, 0.3) is 0 Å². The predicted octanol–water partition coefficient (Wildman–Crippen LogP) is 6.63. The first kappa shape index (κ1) is 20.1. The van der Waals surface area contributed by atoms with E-state index in [0.717, 1.165) is 44.1 Å². The van der Waals surface area contributed by atoms with Crippen LogP contribution in [0.3, 0.4) is 0 Å². The smallest absolute Gasteiger partial charge is 0.163 e. The van der Waals surface area contributed by atoms with Gasteiger partial charge in [0.05, 0.1) is 13.2 Å². The molecule has 3 aromatic carbocycles. The molecule has 1 aliphatic carbocycles. The van der Waals surface area contributed by atoms with Gasteiger partial charge in [0.2, 0.25) is 0 Å². The molecule has 0 saturated carbocycles. The molecule has 0 bridgehead atoms. The molecule has 1 heterocycles. The van der Waals surface area contributed by atoms with Crippen molar-refractivity contribution in [2.45, 2.75) is 32.7 Å². The second kappa shape index (κ2) is 7.13. The summed E-state index contributed by atoms with van der Waals surface area (Å²) in [6.07, 6.45) is 1.29. The van der Waals surface area contributed by atoms with E-state index >= 15 is 0 Å². The molecule has 2 N–H and O–H groups in total. The van der Waals surface area contributed by atoms with Gasteiger partial charge in [0.15, 0.2) is 17.3 Å². The van der Waals surface area contributed by atoms with Gasteiger partial charge in [-0.25, -0.2) is 0 Å². The van der Waals surface area contributed by atoms with E-state index in [9.17, 15) is 9.90 Å². The number of Topliss-reactive ketones (excluding diaryl/α,β-unsaturated/α-hetero) is 1. The highest BCUT2D eigenvalue weighted by atomic mass is 79.9. The molecule has 2 aliphatic rings. The summed E-state index contributed by atoms with van der Waals surface area (Å²) in [5, 5.41) is 16.8. The van der Waals surface area contributed by atoms with Crippen LogP contribution in [-0.2, 0) is 4.79 Å². The predicted molar refractivity (Wildman–Crippen MR) is 128 cm³/mol. The van der Waals surface area contributed by atoms with E-state index in [2.05, 4.69) is 59.4 Å². The molecule has 0 aromatic heterocycles. The van der Waals surface area contributed by atoms with Crippen LogP contribution in [0, 0.1) is 5.41 Å². The van der Waals surface area contributed by atoms with Gasteiger partial charge in [-0.2, -0.15) is 0 Å². The van der Waals surface area contributed by atoms with Crippen molar-refractivity contribution in [1.29, 1.82) is 0 Å². The minimum absolute atomic E-state index is 0.0527. The average molecular weight is 478 g/mol. The van der Waals surface area contributed by atoms with Gasteiger partial charge in [-0.05, 0) is 46.4 Å². The Labute approximate surface area is 190 Å². The molecule has 0 fully saturated rings. The maximum absolute atomic E-state index is 13.5. The Morgan fingerprint density at radius 1 is 1.13 bits per heavy atom. The number of ether oxygens (including phenoxy) is 1. The highest BCUT2D eigenvalue weighted by Crippen LogP contribution is 2.53. The van der Waals surface area contributed by atoms with Crippen LogP contribution < -0.4 is 10.1 Å². The largest absolute Gasteiger partial charge is 0.504 e. The number of hydrogen-bond acceptors (Lipinski definition) is 4. The average Bonchev–Trinajstić information content (AvgIpc) is 2.73. The van der Waals surface area contributed by atoms with E-state index in [1.54, 1.807) is 6.07 Å². The molecule has 0 unspecified atom stereocenters. The number of ketones is 1. The van der Waals surface area contributed by atoms with E-state index < -0.39 is 6.04 Å². The number of methoxy groups -OCH3 is 1. The lowest BCUT2D eigenvalue weighted by molar-refractivity contribution is -0.118. The zero-order valence-electron chi connectivity index (χ0n) is 17.8. The van der Waals surface area contributed by atoms with E-state index in [1.807, 2.05) is 18.2 Å². The molecule has 0 radical (unpaired) electrons. The second-order valence-electron chi connectivity index (χ2n) is 9.17. The van der Waals surface area contributed by atoms with Gasteiger partial charge < -0.3 is 15.2 Å². The lowest BCUT2D eigenvalue weighted by Gasteiger charge is -2.40. The minimum atomic E-state index is -0.446. The number of hydrogen-bond donors (Lipinski definition) is 2. The third-order valence-corrected chi connectivity index (χ3v) is 6.80. The van der Waals surface area contributed by atoms with E-state index in [1.165, 1.54) is 7.11 Å². The molecule has 31 heavy (non-hydrogen) atoms. The summed E-state index contributed by atoms with van der Waals surface area (Å²) in [4.78, 5) is 13.5. The van der Waals surface area contributed by atoms with Crippen molar-refractivity contribution in [3.63, 3.8) is 0 Å². The van der Waals surface area contributed by atoms with Crippen molar-refractivity contribution in [2.24, 2.45) is 5.41 Å². The fourth-order valence-electron chi connectivity index (χ4n) is 5.04. The first-order valence-corrected chi connectivity index (χ1v) is 11.2. The number of halogens is 1. The standard InChI is InChI=1S/C26H24BrNO3/c1-26(2)12-18-22-16-7-5-4-6-14(16)8-9-19(22)28-24(23(18)20(29)13-26)17-10-15(27)11-21(31-3)25(17)30/h4-11,24,28,30H,12-13H2,1-3H3/t24-/m1/s1. The fraction of sp³-hybridized carbons (Fsp3) is 0.269. The maximum atomic E-state index is 13.5. The number of rotatable bonds is 2. The van der Waals surface area contributed by atoms with Crippen LogP contribution in [0.5, 0.6) is 11.5 Å². The lowest BCUT2D eigenvalue weighted by atomic mass is 9.68. The molecule has 3 aromatic rings. The second-order valence-corrected chi connectivity index (χ2v) is 10.1. The molecule has 158 valence electrons. The molecule has 0 saturated heterocycles. The van der Waals surface area contributed by atoms with Crippen LogP contribution in [0.15, 0.2) is 58.6 Å². The Morgan fingerprint density at radius 3 is 2.68 bits per heavy atom. The summed E-state index contributed by atoms with van der Waals surface area (Å²) < 4.78 is 6.16. The minimum Gasteiger partial charge on any atom is -0.504 e. The van der Waals surface area contributed by atoms with Gasteiger partial charge in [-0.1, -0.05) is 60.1 Å². The number of nitrogens with one attached hydrogen (secondary N) is 1. The third-order valence-electron chi connectivity index (χ3n) is 6.34. The normalized spacial score (nSPS) is 19.6. The van der Waals surface area contributed by atoms with Crippen molar-refractivity contribution in [3.05, 3.63) is 69.7 Å². The van der Waals surface area contributed by atoms with Crippen LogP contribution in [0.25, 0.3) is 16.3 Å². The van der Waals surface area contributed by atoms with Gasteiger partial charge in [0.1, 0.15) is 0 Å². The first-order chi connectivity index (χ1) is 14.8. The number of fused-ring (bicyclic) bond motifs is 4. The van der Waals surface area contributed by atoms with Gasteiger partial charge in [-0.15, -0.1) is 0 Å². The molecular weight excluding hydrogens is 454 g/mol. The van der Waals surface area contributed by atoms with Gasteiger partial charge in [-0.3, -0.25) is 4.79 Å². The van der Waals surface area contributed by atoms with Crippen molar-refractivity contribution >= 4 is 43.7 Å². The summed E-state index contributed by atoms with van der Waals surface area (Å²) in [5.74, 6) is 0.554. The molecule has 1 atom stereocenters. The molecule has 0 spiro atoms. The number of phenols is 1. The lowest BCUT2D eigenvalue weighted by Crippen LogP contribution is -2.33. The van der Waals surface area contributed by atoms with Crippen LogP contribution in [0.1, 0.15) is 43.9 Å². The first-order valence-electron chi connectivity index (χ1n) is 10.4. The van der Waals surface area contributed by atoms with Crippen molar-refractivity contribution < 1.29 is 14.6 Å². The number of allylic oxidation sites excluding steroid dienone is 1. The molecule has 4 nitrogen and oxygen atoms in total. The molecule has 0 amide bonds. The summed E-state index contributed by atoms with van der Waals surface area (Å²) in [5.41, 5.74) is 4.42. The summed E-state index contributed by atoms with van der Waals surface area (Å²) in [6, 6.07) is 15.6. The van der Waals surface area contributed by atoms with Crippen LogP contribution >= 0.6 is 15.9 Å². The molecule has 5 rings (SSSR count). The van der Waals surface area contributed by atoms with Crippen LogP contribution in [0.2, 0.25) is 0 Å². The number of phenolic OH excluding ortho intramolecular Hbond substituents is 1. The summed E-state index contributed by atoms with van der Waals surface area (Å²) in [7, 11) is 1.53. The van der Waals surface area contributed by atoms with Crippen molar-refractivity contribution in [2.75, 3.05) is 12.4 Å². The van der Waals surface area contributed by atoms with Crippen molar-refractivity contribution in [3.8, 4) is 11.5 Å². The van der Waals surface area contributed by atoms with E-state index in [0.29, 0.717) is 17.7 Å². The third kappa shape index (κ3) is 3.23. The van der Waals surface area contributed by atoms with Gasteiger partial charge >= 0.3 is 0 Å². The van der Waals surface area contributed by atoms with Crippen molar-refractivity contribution in [1.82, 2.24) is 0 Å². The SMILES string of the molecule is COc1cc(Br)cc([C@H]2Nc3ccc4ccccc4c3C3=C2C(=O)CC(C)(C)C3)c1O. The fourth-order valence-corrected chi connectivity index (χ4v) is 5.50. The molecular formula is C26H24BrNO3. The molecule has 1 aliphatic heterocycles. The van der Waals surface area contributed by atoms with E-state index in [4.69, 9.17) is 4.74 Å². The summed E-state index contributed by atoms with van der Waals surface area (Å²) >= 11 is 3.52. The highest BCUT2D eigenvalue weighted by Gasteiger charge is 2.41. The Kier molecular flexibility index (Phi) is 4.63. The maximum Gasteiger partial charge on any atom is 0.163 e. The number of benzene rings is 3. The van der Waals surface area contributed by atoms with Crippen LogP contribution in [0.4, 0.5) is 5.69 Å². The number of aromatic hydroxyl groups is 1. The summed E-state index contributed by atoms with van der Waals surface area (Å²) in [6.45, 7) is 4.30. The Bertz CT molecular complexity index is 1280. The number of carbonyl (C=O) groups excluding carboxylic acids is 1. The van der Waals surface area contributed by atoms with E-state index in [-0.39, 0.29) is 16.9 Å². The number of anilines is 1. The quantitative estimate of drug-likeness (QED) is 0.434. The number of carbonyl (C=O) groups is 1. The van der Waals surface area contributed by atoms with Gasteiger partial charge in [0, 0.05) is 33.3 Å². The topological polar surface area (TPSA) is 58.6 Å². The van der Waals surface area contributed by atoms with Crippen LogP contribution in [-0.4, -0.2) is 18.0 Å². The monoisotopic (exact) mass is 477 g/mol. The zero-order valence-corrected chi connectivity index (χ0v) is 19.3. The highest BCUT2D eigenvalue weighted by molar-refractivity contribution is 9.10. The Balaban J connectivity index is 1.82. The Morgan fingerprint density at radius 2 is 1.90 bits per heavy atom. The Hall–Kier alpha value is -2.79.